The van der Waals surface area contributed by atoms with E-state index in [4.69, 9.17) is 4.52 Å². The molecule has 3 aromatic rings. The van der Waals surface area contributed by atoms with Crippen LogP contribution in [0.5, 0.6) is 0 Å². The molecule has 196 valence electrons. The van der Waals surface area contributed by atoms with Crippen molar-refractivity contribution in [2.75, 3.05) is 44.2 Å². The zero-order valence-corrected chi connectivity index (χ0v) is 21.7. The Morgan fingerprint density at radius 1 is 1.05 bits per heavy atom. The molecule has 1 atom stereocenters. The topological polar surface area (TPSA) is 65.7 Å². The van der Waals surface area contributed by atoms with Crippen molar-refractivity contribution in [3.63, 3.8) is 0 Å². The zero-order valence-electron chi connectivity index (χ0n) is 20.1. The predicted molar refractivity (Wildman–Crippen MR) is 136 cm³/mol. The predicted octanol–water partition coefficient (Wildman–Crippen LogP) is 5.08. The van der Waals surface area contributed by atoms with E-state index in [9.17, 15) is 18.0 Å². The van der Waals surface area contributed by atoms with Gasteiger partial charge in [-0.05, 0) is 61.9 Å². The van der Waals surface area contributed by atoms with Crippen LogP contribution in [0.4, 0.5) is 18.9 Å². The number of nitrogens with zero attached hydrogens (tertiary/aromatic N) is 5. The Bertz CT molecular complexity index is 1230. The van der Waals surface area contributed by atoms with Crippen LogP contribution in [0.3, 0.4) is 0 Å². The van der Waals surface area contributed by atoms with Gasteiger partial charge in [0.15, 0.2) is 0 Å². The van der Waals surface area contributed by atoms with Crippen molar-refractivity contribution in [2.24, 2.45) is 5.92 Å². The summed E-state index contributed by atoms with van der Waals surface area (Å²) in [5.41, 5.74) is 0.748. The number of hydrogen-bond donors (Lipinski definition) is 0. The molecule has 2 fully saturated rings. The summed E-state index contributed by atoms with van der Waals surface area (Å²) in [6, 6.07) is 13.0. The number of rotatable bonds is 5. The van der Waals surface area contributed by atoms with Crippen molar-refractivity contribution in [1.29, 1.82) is 0 Å². The van der Waals surface area contributed by atoms with Crippen LogP contribution in [0.15, 0.2) is 57.5 Å². The summed E-state index contributed by atoms with van der Waals surface area (Å²) in [7, 11) is 0. The maximum absolute atomic E-state index is 13.3. The third kappa shape index (κ3) is 6.15. The molecule has 0 bridgehead atoms. The van der Waals surface area contributed by atoms with Crippen molar-refractivity contribution in [3.05, 3.63) is 64.5 Å². The van der Waals surface area contributed by atoms with Gasteiger partial charge in [-0.2, -0.15) is 18.2 Å². The molecule has 1 amide bonds. The van der Waals surface area contributed by atoms with Gasteiger partial charge in [-0.1, -0.05) is 27.2 Å². The first-order chi connectivity index (χ1) is 17.8. The monoisotopic (exact) mass is 577 g/mol. The maximum atomic E-state index is 13.3. The minimum Gasteiger partial charge on any atom is -0.368 e. The van der Waals surface area contributed by atoms with Gasteiger partial charge in [0.25, 0.3) is 0 Å². The molecule has 7 nitrogen and oxygen atoms in total. The number of likely N-dealkylation sites (tertiary alicyclic amines) is 1. The number of piperazine rings is 1. The quantitative estimate of drug-likeness (QED) is 0.421. The summed E-state index contributed by atoms with van der Waals surface area (Å²) in [4.78, 5) is 23.7. The molecular weight excluding hydrogens is 551 g/mol. The number of piperidine rings is 1. The van der Waals surface area contributed by atoms with Crippen molar-refractivity contribution in [3.8, 4) is 11.4 Å². The number of aromatic nitrogens is 2. The van der Waals surface area contributed by atoms with Gasteiger partial charge in [-0.15, -0.1) is 0 Å². The molecule has 3 heterocycles. The van der Waals surface area contributed by atoms with Gasteiger partial charge >= 0.3 is 6.18 Å². The Kier molecular flexibility index (Phi) is 7.52. The summed E-state index contributed by atoms with van der Waals surface area (Å²) in [6.45, 7) is 3.94. The SMILES string of the molecule is O=C(C1CCCN(Cc2nc(-c3ccc(Br)cc3)no2)C1)N1CCN(c2cccc(C(F)(F)F)c2)CC1. The molecule has 37 heavy (non-hydrogen) atoms. The fourth-order valence-corrected chi connectivity index (χ4v) is 5.21. The third-order valence-electron chi connectivity index (χ3n) is 6.91. The summed E-state index contributed by atoms with van der Waals surface area (Å²) in [6.07, 6.45) is -2.66. The Morgan fingerprint density at radius 2 is 1.81 bits per heavy atom. The van der Waals surface area contributed by atoms with Crippen LogP contribution in [0, 0.1) is 5.92 Å². The first-order valence-corrected chi connectivity index (χ1v) is 13.1. The standard InChI is InChI=1S/C26H27BrF3N5O2/c27-21-8-6-18(7-9-21)24-31-23(37-32-24)17-33-10-2-3-19(16-33)25(36)35-13-11-34(12-14-35)22-5-1-4-20(15-22)26(28,29)30/h1,4-9,15,19H,2-3,10-14,16-17H2. The van der Waals surface area contributed by atoms with E-state index in [1.165, 1.54) is 12.1 Å². The lowest BCUT2D eigenvalue weighted by Crippen LogP contribution is -2.52. The second-order valence-corrected chi connectivity index (χ2v) is 10.4. The fourth-order valence-electron chi connectivity index (χ4n) is 4.95. The number of carbonyl (C=O) groups excluding carboxylic acids is 1. The number of alkyl halides is 3. The van der Waals surface area contributed by atoms with Crippen molar-refractivity contribution in [1.82, 2.24) is 19.9 Å². The van der Waals surface area contributed by atoms with Gasteiger partial charge in [-0.3, -0.25) is 9.69 Å². The molecule has 5 rings (SSSR count). The molecule has 2 aromatic carbocycles. The van der Waals surface area contributed by atoms with Crippen LogP contribution in [-0.4, -0.2) is 65.1 Å². The minimum atomic E-state index is -4.37. The lowest BCUT2D eigenvalue weighted by molar-refractivity contribution is -0.138. The number of anilines is 1. The van der Waals surface area contributed by atoms with Crippen LogP contribution in [0.25, 0.3) is 11.4 Å². The van der Waals surface area contributed by atoms with Gasteiger partial charge in [0.2, 0.25) is 17.6 Å². The van der Waals surface area contributed by atoms with E-state index in [1.54, 1.807) is 6.07 Å². The molecule has 0 N–H and O–H groups in total. The Balaban J connectivity index is 1.15. The second kappa shape index (κ2) is 10.8. The summed E-state index contributed by atoms with van der Waals surface area (Å²) < 4.78 is 45.7. The fraction of sp³-hybridized carbons (Fsp3) is 0.423. The van der Waals surface area contributed by atoms with E-state index in [0.29, 0.717) is 56.7 Å². The highest BCUT2D eigenvalue weighted by atomic mass is 79.9. The highest BCUT2D eigenvalue weighted by molar-refractivity contribution is 9.10. The molecule has 2 aliphatic heterocycles. The van der Waals surface area contributed by atoms with Crippen molar-refractivity contribution < 1.29 is 22.5 Å². The molecule has 2 aliphatic rings. The van der Waals surface area contributed by atoms with Crippen molar-refractivity contribution >= 4 is 27.5 Å². The number of carbonyl (C=O) groups is 1. The van der Waals surface area contributed by atoms with Gasteiger partial charge in [-0.25, -0.2) is 0 Å². The molecule has 1 unspecified atom stereocenters. The van der Waals surface area contributed by atoms with Crippen LogP contribution in [-0.2, 0) is 17.5 Å². The molecule has 0 spiro atoms. The smallest absolute Gasteiger partial charge is 0.368 e. The summed E-state index contributed by atoms with van der Waals surface area (Å²) in [5, 5.41) is 4.09. The first-order valence-electron chi connectivity index (χ1n) is 12.3. The second-order valence-electron chi connectivity index (χ2n) is 9.45. The summed E-state index contributed by atoms with van der Waals surface area (Å²) in [5.74, 6) is 1.03. The molecular formula is C26H27BrF3N5O2. The highest BCUT2D eigenvalue weighted by Crippen LogP contribution is 2.32. The van der Waals surface area contributed by atoms with E-state index in [2.05, 4.69) is 31.0 Å². The average molecular weight is 578 g/mol. The summed E-state index contributed by atoms with van der Waals surface area (Å²) >= 11 is 3.42. The van der Waals surface area contributed by atoms with E-state index in [-0.39, 0.29) is 11.8 Å². The molecule has 11 heteroatoms. The minimum absolute atomic E-state index is 0.106. The molecule has 0 aliphatic carbocycles. The van der Waals surface area contributed by atoms with Gasteiger partial charge in [0, 0.05) is 48.4 Å². The number of amides is 1. The Morgan fingerprint density at radius 3 is 2.54 bits per heavy atom. The van der Waals surface area contributed by atoms with Crippen LogP contribution >= 0.6 is 15.9 Å². The molecule has 2 saturated heterocycles. The molecule has 0 saturated carbocycles. The number of halogens is 4. The lowest BCUT2D eigenvalue weighted by Gasteiger charge is -2.39. The largest absolute Gasteiger partial charge is 0.416 e. The average Bonchev–Trinajstić information content (AvgIpc) is 3.37. The normalized spacial score (nSPS) is 19.3. The number of benzene rings is 2. The first kappa shape index (κ1) is 25.7. The van der Waals surface area contributed by atoms with Crippen LogP contribution in [0.2, 0.25) is 0 Å². The lowest BCUT2D eigenvalue weighted by atomic mass is 9.96. The van der Waals surface area contributed by atoms with E-state index in [0.717, 1.165) is 35.5 Å². The van der Waals surface area contributed by atoms with E-state index < -0.39 is 11.7 Å². The van der Waals surface area contributed by atoms with Crippen molar-refractivity contribution in [2.45, 2.75) is 25.6 Å². The van der Waals surface area contributed by atoms with E-state index in [1.807, 2.05) is 34.1 Å². The highest BCUT2D eigenvalue weighted by Gasteiger charge is 2.33. The Labute approximate surface area is 221 Å². The van der Waals surface area contributed by atoms with Crippen LogP contribution < -0.4 is 4.90 Å². The Hall–Kier alpha value is -2.92. The van der Waals surface area contributed by atoms with Gasteiger partial charge < -0.3 is 14.3 Å². The maximum Gasteiger partial charge on any atom is 0.416 e. The van der Waals surface area contributed by atoms with Crippen LogP contribution in [0.1, 0.15) is 24.3 Å². The van der Waals surface area contributed by atoms with Gasteiger partial charge in [0.05, 0.1) is 18.0 Å². The zero-order chi connectivity index (χ0) is 26.0. The van der Waals surface area contributed by atoms with Gasteiger partial charge in [0.1, 0.15) is 0 Å². The molecule has 0 radical (unpaired) electrons. The number of hydrogen-bond acceptors (Lipinski definition) is 6. The third-order valence-corrected chi connectivity index (χ3v) is 7.44. The van der Waals surface area contributed by atoms with E-state index >= 15 is 0 Å². The molecule has 1 aromatic heterocycles.